The second-order valence-electron chi connectivity index (χ2n) is 5.15. The number of rotatable bonds is 6. The SMILES string of the molecule is CO[C@H](C)c1cccc(N[C@@H](C)C(=O)NC2CC2)c1. The van der Waals surface area contributed by atoms with Crippen LogP contribution in [0.2, 0.25) is 0 Å². The van der Waals surface area contributed by atoms with E-state index in [1.54, 1.807) is 7.11 Å². The number of methoxy groups -OCH3 is 1. The number of hydrogen-bond donors (Lipinski definition) is 2. The number of anilines is 1. The van der Waals surface area contributed by atoms with Crippen molar-refractivity contribution < 1.29 is 9.53 Å². The van der Waals surface area contributed by atoms with Crippen molar-refractivity contribution in [3.8, 4) is 0 Å². The first-order valence-electron chi connectivity index (χ1n) is 6.80. The van der Waals surface area contributed by atoms with Crippen LogP contribution in [0, 0.1) is 0 Å². The van der Waals surface area contributed by atoms with Crippen molar-refractivity contribution in [2.24, 2.45) is 0 Å². The Balaban J connectivity index is 1.95. The molecule has 19 heavy (non-hydrogen) atoms. The lowest BCUT2D eigenvalue weighted by Gasteiger charge is -2.17. The topological polar surface area (TPSA) is 50.4 Å². The van der Waals surface area contributed by atoms with Crippen LogP contribution in [0.3, 0.4) is 0 Å². The summed E-state index contributed by atoms with van der Waals surface area (Å²) < 4.78 is 5.30. The fourth-order valence-electron chi connectivity index (χ4n) is 1.89. The summed E-state index contributed by atoms with van der Waals surface area (Å²) in [6.07, 6.45) is 2.27. The number of ether oxygens (including phenoxy) is 1. The van der Waals surface area contributed by atoms with Gasteiger partial charge in [0.1, 0.15) is 6.04 Å². The van der Waals surface area contributed by atoms with E-state index < -0.39 is 0 Å². The van der Waals surface area contributed by atoms with Crippen LogP contribution in [-0.2, 0) is 9.53 Å². The molecular formula is C15H22N2O2. The molecule has 1 fully saturated rings. The van der Waals surface area contributed by atoms with E-state index in [0.29, 0.717) is 6.04 Å². The van der Waals surface area contributed by atoms with Crippen molar-refractivity contribution in [3.63, 3.8) is 0 Å². The molecule has 0 heterocycles. The van der Waals surface area contributed by atoms with Gasteiger partial charge in [0.2, 0.25) is 5.91 Å². The molecule has 1 amide bonds. The average molecular weight is 262 g/mol. The quantitative estimate of drug-likeness (QED) is 0.828. The van der Waals surface area contributed by atoms with Crippen LogP contribution in [0.1, 0.15) is 38.4 Å². The van der Waals surface area contributed by atoms with Gasteiger partial charge in [-0.05, 0) is 44.4 Å². The van der Waals surface area contributed by atoms with Crippen LogP contribution in [0.15, 0.2) is 24.3 Å². The molecule has 0 aliphatic heterocycles. The van der Waals surface area contributed by atoms with Crippen LogP contribution < -0.4 is 10.6 Å². The van der Waals surface area contributed by atoms with Gasteiger partial charge >= 0.3 is 0 Å². The Morgan fingerprint density at radius 3 is 2.74 bits per heavy atom. The summed E-state index contributed by atoms with van der Waals surface area (Å²) in [6.45, 7) is 3.88. The normalized spacial score (nSPS) is 17.6. The summed E-state index contributed by atoms with van der Waals surface area (Å²) in [5, 5.41) is 6.22. The van der Waals surface area contributed by atoms with E-state index in [4.69, 9.17) is 4.74 Å². The van der Waals surface area contributed by atoms with E-state index in [0.717, 1.165) is 24.1 Å². The second kappa shape index (κ2) is 6.06. The second-order valence-corrected chi connectivity index (χ2v) is 5.15. The first-order valence-corrected chi connectivity index (χ1v) is 6.80. The lowest BCUT2D eigenvalue weighted by atomic mass is 10.1. The third-order valence-electron chi connectivity index (χ3n) is 3.41. The van der Waals surface area contributed by atoms with Gasteiger partial charge in [0, 0.05) is 18.8 Å². The van der Waals surface area contributed by atoms with Crippen LogP contribution in [0.5, 0.6) is 0 Å². The van der Waals surface area contributed by atoms with Crippen LogP contribution >= 0.6 is 0 Å². The summed E-state index contributed by atoms with van der Waals surface area (Å²) in [5.74, 6) is 0.0627. The van der Waals surface area contributed by atoms with Gasteiger partial charge < -0.3 is 15.4 Å². The molecule has 2 N–H and O–H groups in total. The Morgan fingerprint density at radius 2 is 2.11 bits per heavy atom. The summed E-state index contributed by atoms with van der Waals surface area (Å²) >= 11 is 0. The lowest BCUT2D eigenvalue weighted by molar-refractivity contribution is -0.121. The van der Waals surface area contributed by atoms with E-state index in [9.17, 15) is 4.79 Å². The number of hydrogen-bond acceptors (Lipinski definition) is 3. The smallest absolute Gasteiger partial charge is 0.242 e. The summed E-state index contributed by atoms with van der Waals surface area (Å²) in [4.78, 5) is 11.9. The maximum atomic E-state index is 11.9. The Morgan fingerprint density at radius 1 is 1.37 bits per heavy atom. The zero-order chi connectivity index (χ0) is 13.8. The minimum Gasteiger partial charge on any atom is -0.377 e. The number of carbonyl (C=O) groups excluding carboxylic acids is 1. The largest absolute Gasteiger partial charge is 0.377 e. The van der Waals surface area contributed by atoms with Crippen molar-refractivity contribution in [1.82, 2.24) is 5.32 Å². The zero-order valence-electron chi connectivity index (χ0n) is 11.8. The number of amides is 1. The summed E-state index contributed by atoms with van der Waals surface area (Å²) in [7, 11) is 1.69. The van der Waals surface area contributed by atoms with Gasteiger partial charge in [0.05, 0.1) is 6.10 Å². The van der Waals surface area contributed by atoms with Crippen molar-refractivity contribution in [2.45, 2.75) is 44.9 Å². The van der Waals surface area contributed by atoms with Gasteiger partial charge in [0.15, 0.2) is 0 Å². The fraction of sp³-hybridized carbons (Fsp3) is 0.533. The van der Waals surface area contributed by atoms with E-state index in [2.05, 4.69) is 10.6 Å². The van der Waals surface area contributed by atoms with E-state index in [-0.39, 0.29) is 18.1 Å². The highest BCUT2D eigenvalue weighted by Crippen LogP contribution is 2.21. The molecule has 1 saturated carbocycles. The molecule has 0 aromatic heterocycles. The molecule has 4 nitrogen and oxygen atoms in total. The Hall–Kier alpha value is -1.55. The highest BCUT2D eigenvalue weighted by atomic mass is 16.5. The van der Waals surface area contributed by atoms with Crippen LogP contribution in [0.4, 0.5) is 5.69 Å². The van der Waals surface area contributed by atoms with Crippen LogP contribution in [0.25, 0.3) is 0 Å². The number of nitrogens with one attached hydrogen (secondary N) is 2. The predicted octanol–water partition coefficient (Wildman–Crippen LogP) is 2.47. The fourth-order valence-corrected chi connectivity index (χ4v) is 1.89. The highest BCUT2D eigenvalue weighted by Gasteiger charge is 2.25. The monoisotopic (exact) mass is 262 g/mol. The summed E-state index contributed by atoms with van der Waals surface area (Å²) in [6, 6.07) is 8.15. The molecule has 1 aromatic rings. The molecule has 4 heteroatoms. The van der Waals surface area contributed by atoms with Crippen molar-refractivity contribution in [1.29, 1.82) is 0 Å². The van der Waals surface area contributed by atoms with Gasteiger partial charge in [0.25, 0.3) is 0 Å². The minimum absolute atomic E-state index is 0.0531. The highest BCUT2D eigenvalue weighted by molar-refractivity contribution is 5.84. The Bertz CT molecular complexity index is 444. The van der Waals surface area contributed by atoms with Gasteiger partial charge in [-0.3, -0.25) is 4.79 Å². The molecule has 0 bridgehead atoms. The molecule has 104 valence electrons. The van der Waals surface area contributed by atoms with Crippen molar-refractivity contribution in [3.05, 3.63) is 29.8 Å². The van der Waals surface area contributed by atoms with E-state index in [1.807, 2.05) is 38.1 Å². The lowest BCUT2D eigenvalue weighted by Crippen LogP contribution is -2.38. The third kappa shape index (κ3) is 3.96. The molecule has 1 aliphatic rings. The predicted molar refractivity (Wildman–Crippen MR) is 76.1 cm³/mol. The maximum absolute atomic E-state index is 11.9. The number of carbonyl (C=O) groups is 1. The van der Waals surface area contributed by atoms with Gasteiger partial charge in [-0.1, -0.05) is 12.1 Å². The maximum Gasteiger partial charge on any atom is 0.242 e. The first kappa shape index (κ1) is 13.9. The average Bonchev–Trinajstić information content (AvgIpc) is 3.22. The summed E-state index contributed by atoms with van der Waals surface area (Å²) in [5.41, 5.74) is 2.04. The molecule has 0 spiro atoms. The van der Waals surface area contributed by atoms with E-state index in [1.165, 1.54) is 0 Å². The molecular weight excluding hydrogens is 240 g/mol. The van der Waals surface area contributed by atoms with Crippen molar-refractivity contribution >= 4 is 11.6 Å². The molecule has 0 saturated heterocycles. The third-order valence-corrected chi connectivity index (χ3v) is 3.41. The first-order chi connectivity index (χ1) is 9.10. The molecule has 2 atom stereocenters. The standard InChI is InChI=1S/C15H22N2O2/c1-10(15(18)17-13-7-8-13)16-14-6-4-5-12(9-14)11(2)19-3/h4-6,9-11,13,16H,7-8H2,1-3H3,(H,17,18)/t10-,11+/m0/s1. The van der Waals surface area contributed by atoms with E-state index >= 15 is 0 Å². The molecule has 0 unspecified atom stereocenters. The molecule has 1 aromatic carbocycles. The molecule has 0 radical (unpaired) electrons. The van der Waals surface area contributed by atoms with Gasteiger partial charge in [-0.25, -0.2) is 0 Å². The Kier molecular flexibility index (Phi) is 4.43. The molecule has 1 aliphatic carbocycles. The number of benzene rings is 1. The minimum atomic E-state index is -0.228. The van der Waals surface area contributed by atoms with Crippen LogP contribution in [-0.4, -0.2) is 25.1 Å². The van der Waals surface area contributed by atoms with Gasteiger partial charge in [-0.2, -0.15) is 0 Å². The van der Waals surface area contributed by atoms with Gasteiger partial charge in [-0.15, -0.1) is 0 Å². The zero-order valence-corrected chi connectivity index (χ0v) is 11.8. The van der Waals surface area contributed by atoms with Crippen molar-refractivity contribution in [2.75, 3.05) is 12.4 Å². The Labute approximate surface area is 114 Å². The molecule has 2 rings (SSSR count).